The Labute approximate surface area is 116 Å². The molecule has 1 rings (SSSR count). The van der Waals surface area contributed by atoms with Gasteiger partial charge in [-0.3, -0.25) is 9.59 Å². The molecule has 0 saturated carbocycles. The first-order valence-corrected chi connectivity index (χ1v) is 6.11. The summed E-state index contributed by atoms with van der Waals surface area (Å²) in [4.78, 5) is 23.2. The van der Waals surface area contributed by atoms with Gasteiger partial charge in [-0.05, 0) is 39.0 Å². The lowest BCUT2D eigenvalue weighted by atomic mass is 10.1. The van der Waals surface area contributed by atoms with Crippen molar-refractivity contribution in [1.29, 1.82) is 0 Å². The molecule has 0 fully saturated rings. The van der Waals surface area contributed by atoms with Crippen LogP contribution in [0, 0.1) is 5.82 Å². The fourth-order valence-electron chi connectivity index (χ4n) is 1.39. The molecule has 0 heterocycles. The van der Waals surface area contributed by atoms with E-state index in [0.717, 1.165) is 6.07 Å². The van der Waals surface area contributed by atoms with Gasteiger partial charge < -0.3 is 10.6 Å². The van der Waals surface area contributed by atoms with Gasteiger partial charge in [0.25, 0.3) is 5.91 Å². The lowest BCUT2D eigenvalue weighted by Crippen LogP contribution is -2.45. The zero-order valence-electron chi connectivity index (χ0n) is 11.0. The molecular weight excluding hydrogens is 271 g/mol. The molecule has 2 amide bonds. The Morgan fingerprint density at radius 3 is 2.47 bits per heavy atom. The minimum absolute atomic E-state index is 0.145. The van der Waals surface area contributed by atoms with Crippen molar-refractivity contribution in [1.82, 2.24) is 10.6 Å². The van der Waals surface area contributed by atoms with Crippen LogP contribution >= 0.6 is 11.6 Å². The van der Waals surface area contributed by atoms with Crippen molar-refractivity contribution in [3.05, 3.63) is 34.6 Å². The fraction of sp³-hybridized carbons (Fsp3) is 0.385. The van der Waals surface area contributed by atoms with Crippen LogP contribution in [0.4, 0.5) is 4.39 Å². The number of carbonyl (C=O) groups excluding carboxylic acids is 2. The first-order valence-electron chi connectivity index (χ1n) is 5.73. The summed E-state index contributed by atoms with van der Waals surface area (Å²) < 4.78 is 13.5. The molecule has 6 heteroatoms. The number of nitrogens with one attached hydrogen (secondary N) is 2. The van der Waals surface area contributed by atoms with Gasteiger partial charge in [-0.1, -0.05) is 11.6 Å². The van der Waals surface area contributed by atoms with Crippen LogP contribution < -0.4 is 10.6 Å². The molecule has 0 aromatic heterocycles. The second-order valence-corrected chi connectivity index (χ2v) is 5.54. The summed E-state index contributed by atoms with van der Waals surface area (Å²) in [5, 5.41) is 5.24. The molecule has 4 nitrogen and oxygen atoms in total. The van der Waals surface area contributed by atoms with E-state index in [1.807, 2.05) is 20.8 Å². The summed E-state index contributed by atoms with van der Waals surface area (Å²) in [5.41, 5.74) is -0.527. The van der Waals surface area contributed by atoms with Crippen molar-refractivity contribution in [2.24, 2.45) is 0 Å². The average molecular weight is 287 g/mol. The number of hydrogen-bond donors (Lipinski definition) is 2. The highest BCUT2D eigenvalue weighted by Crippen LogP contribution is 2.14. The summed E-state index contributed by atoms with van der Waals surface area (Å²) in [6.45, 7) is 5.26. The molecule has 0 aliphatic rings. The number of carbonyl (C=O) groups is 2. The molecule has 0 aliphatic heterocycles. The molecule has 0 unspecified atom stereocenters. The molecule has 0 spiro atoms. The second-order valence-electron chi connectivity index (χ2n) is 5.11. The standard InChI is InChI=1S/C13H16ClFN2O2/c1-13(2,3)17-11(18)7-16-12(19)9-5-4-8(14)6-10(9)15/h4-6H,7H2,1-3H3,(H,16,19)(H,17,18). The molecule has 0 bridgehead atoms. The van der Waals surface area contributed by atoms with Crippen LogP contribution in [0.15, 0.2) is 18.2 Å². The fourth-order valence-corrected chi connectivity index (χ4v) is 1.55. The SMILES string of the molecule is CC(C)(C)NC(=O)CNC(=O)c1ccc(Cl)cc1F. The predicted molar refractivity (Wildman–Crippen MR) is 71.6 cm³/mol. The maximum Gasteiger partial charge on any atom is 0.254 e. The van der Waals surface area contributed by atoms with E-state index < -0.39 is 11.7 Å². The van der Waals surface area contributed by atoms with Gasteiger partial charge in [-0.2, -0.15) is 0 Å². The van der Waals surface area contributed by atoms with Crippen molar-refractivity contribution >= 4 is 23.4 Å². The minimum atomic E-state index is -0.721. The summed E-state index contributed by atoms with van der Waals surface area (Å²) in [6.07, 6.45) is 0. The van der Waals surface area contributed by atoms with Crippen LogP contribution in [-0.4, -0.2) is 23.9 Å². The Hall–Kier alpha value is -1.62. The van der Waals surface area contributed by atoms with Crippen molar-refractivity contribution in [2.75, 3.05) is 6.54 Å². The van der Waals surface area contributed by atoms with Gasteiger partial charge in [-0.15, -0.1) is 0 Å². The van der Waals surface area contributed by atoms with E-state index in [4.69, 9.17) is 11.6 Å². The van der Waals surface area contributed by atoms with E-state index in [-0.39, 0.29) is 28.6 Å². The van der Waals surface area contributed by atoms with Crippen molar-refractivity contribution < 1.29 is 14.0 Å². The van der Waals surface area contributed by atoms with Crippen LogP contribution in [0.1, 0.15) is 31.1 Å². The van der Waals surface area contributed by atoms with Gasteiger partial charge in [0.05, 0.1) is 12.1 Å². The number of amides is 2. The molecule has 0 saturated heterocycles. The highest BCUT2D eigenvalue weighted by atomic mass is 35.5. The third-order valence-electron chi connectivity index (χ3n) is 2.10. The third-order valence-corrected chi connectivity index (χ3v) is 2.33. The highest BCUT2D eigenvalue weighted by molar-refractivity contribution is 6.30. The van der Waals surface area contributed by atoms with Crippen LogP contribution in [0.5, 0.6) is 0 Å². The first-order chi connectivity index (χ1) is 8.69. The molecule has 19 heavy (non-hydrogen) atoms. The van der Waals surface area contributed by atoms with Gasteiger partial charge in [0.2, 0.25) is 5.91 Å². The smallest absolute Gasteiger partial charge is 0.254 e. The molecule has 0 radical (unpaired) electrons. The first kappa shape index (κ1) is 15.4. The second kappa shape index (κ2) is 6.02. The number of benzene rings is 1. The van der Waals surface area contributed by atoms with Crippen LogP contribution in [-0.2, 0) is 4.79 Å². The quantitative estimate of drug-likeness (QED) is 0.894. The Kier molecular flexibility index (Phi) is 4.89. The zero-order chi connectivity index (χ0) is 14.6. The highest BCUT2D eigenvalue weighted by Gasteiger charge is 2.16. The Balaban J connectivity index is 2.59. The van der Waals surface area contributed by atoms with Gasteiger partial charge in [0.1, 0.15) is 5.82 Å². The van der Waals surface area contributed by atoms with E-state index >= 15 is 0 Å². The van der Waals surface area contributed by atoms with Crippen LogP contribution in [0.2, 0.25) is 5.02 Å². The molecule has 104 valence electrons. The average Bonchev–Trinajstić information content (AvgIpc) is 2.23. The van der Waals surface area contributed by atoms with Gasteiger partial charge in [-0.25, -0.2) is 4.39 Å². The normalized spacial score (nSPS) is 11.0. The number of halogens is 2. The largest absolute Gasteiger partial charge is 0.350 e. The summed E-state index contributed by atoms with van der Waals surface area (Å²) in [5.74, 6) is -1.71. The molecular formula is C13H16ClFN2O2. The van der Waals surface area contributed by atoms with Gasteiger partial charge in [0.15, 0.2) is 0 Å². The Morgan fingerprint density at radius 2 is 1.95 bits per heavy atom. The van der Waals surface area contributed by atoms with Gasteiger partial charge in [0, 0.05) is 10.6 Å². The molecule has 2 N–H and O–H groups in total. The Morgan fingerprint density at radius 1 is 1.32 bits per heavy atom. The van der Waals surface area contributed by atoms with E-state index in [1.54, 1.807) is 0 Å². The zero-order valence-corrected chi connectivity index (χ0v) is 11.8. The molecule has 1 aromatic carbocycles. The number of hydrogen-bond acceptors (Lipinski definition) is 2. The van der Waals surface area contributed by atoms with Crippen LogP contribution in [0.25, 0.3) is 0 Å². The molecule has 1 aromatic rings. The maximum atomic E-state index is 13.5. The summed E-state index contributed by atoms with van der Waals surface area (Å²) >= 11 is 5.59. The lowest BCUT2D eigenvalue weighted by molar-refractivity contribution is -0.121. The van der Waals surface area contributed by atoms with Crippen LogP contribution in [0.3, 0.4) is 0 Å². The molecule has 0 aliphatic carbocycles. The maximum absolute atomic E-state index is 13.5. The monoisotopic (exact) mass is 286 g/mol. The van der Waals surface area contributed by atoms with E-state index in [9.17, 15) is 14.0 Å². The van der Waals surface area contributed by atoms with E-state index in [0.29, 0.717) is 0 Å². The summed E-state index contributed by atoms with van der Waals surface area (Å²) in [6, 6.07) is 3.73. The van der Waals surface area contributed by atoms with Crippen molar-refractivity contribution in [2.45, 2.75) is 26.3 Å². The van der Waals surface area contributed by atoms with Crippen molar-refractivity contribution in [3.63, 3.8) is 0 Å². The topological polar surface area (TPSA) is 58.2 Å². The third kappa shape index (κ3) is 5.26. The van der Waals surface area contributed by atoms with E-state index in [2.05, 4.69) is 10.6 Å². The lowest BCUT2D eigenvalue weighted by Gasteiger charge is -2.20. The number of rotatable bonds is 3. The summed E-state index contributed by atoms with van der Waals surface area (Å²) in [7, 11) is 0. The van der Waals surface area contributed by atoms with E-state index in [1.165, 1.54) is 12.1 Å². The minimum Gasteiger partial charge on any atom is -0.350 e. The molecule has 0 atom stereocenters. The Bertz CT molecular complexity index is 498. The van der Waals surface area contributed by atoms with Crippen molar-refractivity contribution in [3.8, 4) is 0 Å². The van der Waals surface area contributed by atoms with Gasteiger partial charge >= 0.3 is 0 Å². The predicted octanol–water partition coefficient (Wildman–Crippen LogP) is 2.12.